The second kappa shape index (κ2) is 9.16. The first-order valence-corrected chi connectivity index (χ1v) is 9.12. The van der Waals surface area contributed by atoms with E-state index in [4.69, 9.17) is 9.15 Å². The number of carbonyl (C=O) groups is 4. The average molecular weight is 399 g/mol. The fraction of sp³-hybridized carbons (Fsp3) is 0.300. The molecule has 0 atom stereocenters. The van der Waals surface area contributed by atoms with E-state index in [1.807, 2.05) is 0 Å². The van der Waals surface area contributed by atoms with E-state index in [1.54, 1.807) is 13.2 Å². The van der Waals surface area contributed by atoms with Crippen LogP contribution in [0.3, 0.4) is 0 Å². The third kappa shape index (κ3) is 4.52. The van der Waals surface area contributed by atoms with Crippen LogP contribution >= 0.6 is 0 Å². The standard InChI is InChI=1S/C20H21N3O6/c1-28-10-3-9-23-19(26)14-6-5-13(12-15(14)20(23)27)17(24)21-7-8-22-18(25)16-4-2-11-29-16/h2,4-6,11-12H,3,7-10H2,1H3,(H,21,24)(H,22,25). The number of carbonyl (C=O) groups excluding carboxylic acids is 4. The molecule has 29 heavy (non-hydrogen) atoms. The molecule has 1 aromatic heterocycles. The van der Waals surface area contributed by atoms with E-state index in [1.165, 1.54) is 30.5 Å². The Bertz CT molecular complexity index is 922. The Balaban J connectivity index is 1.54. The molecule has 4 amide bonds. The smallest absolute Gasteiger partial charge is 0.287 e. The van der Waals surface area contributed by atoms with Gasteiger partial charge >= 0.3 is 0 Å². The minimum Gasteiger partial charge on any atom is -0.459 e. The van der Waals surface area contributed by atoms with E-state index in [0.29, 0.717) is 13.0 Å². The van der Waals surface area contributed by atoms with Crippen LogP contribution in [0.5, 0.6) is 0 Å². The first kappa shape index (κ1) is 20.3. The molecule has 9 heteroatoms. The average Bonchev–Trinajstić information content (AvgIpc) is 3.34. The Morgan fingerprint density at radius 2 is 1.76 bits per heavy atom. The van der Waals surface area contributed by atoms with Crippen LogP contribution in [0.1, 0.15) is 48.0 Å². The minimum absolute atomic E-state index is 0.188. The number of hydrogen-bond acceptors (Lipinski definition) is 6. The Morgan fingerprint density at radius 3 is 2.45 bits per heavy atom. The number of imide groups is 1. The van der Waals surface area contributed by atoms with E-state index in [-0.39, 0.29) is 53.9 Å². The Kier molecular flexibility index (Phi) is 6.40. The zero-order valence-corrected chi connectivity index (χ0v) is 15.9. The van der Waals surface area contributed by atoms with Crippen LogP contribution in [-0.4, -0.2) is 61.9 Å². The lowest BCUT2D eigenvalue weighted by atomic mass is 10.1. The molecule has 2 N–H and O–H groups in total. The number of amides is 4. The molecule has 0 radical (unpaired) electrons. The lowest BCUT2D eigenvalue weighted by molar-refractivity contribution is 0.0638. The molecule has 9 nitrogen and oxygen atoms in total. The second-order valence-corrected chi connectivity index (χ2v) is 6.36. The van der Waals surface area contributed by atoms with Crippen molar-refractivity contribution in [3.8, 4) is 0 Å². The van der Waals surface area contributed by atoms with Gasteiger partial charge in [0.25, 0.3) is 23.6 Å². The van der Waals surface area contributed by atoms with Crippen molar-refractivity contribution in [2.45, 2.75) is 6.42 Å². The van der Waals surface area contributed by atoms with Gasteiger partial charge in [0, 0.05) is 38.9 Å². The summed E-state index contributed by atoms with van der Waals surface area (Å²) in [5.41, 5.74) is 0.766. The van der Waals surface area contributed by atoms with E-state index in [9.17, 15) is 19.2 Å². The number of rotatable bonds is 9. The number of methoxy groups -OCH3 is 1. The van der Waals surface area contributed by atoms with Crippen molar-refractivity contribution in [1.29, 1.82) is 0 Å². The van der Waals surface area contributed by atoms with Crippen molar-refractivity contribution < 1.29 is 28.3 Å². The highest BCUT2D eigenvalue weighted by Gasteiger charge is 2.35. The summed E-state index contributed by atoms with van der Waals surface area (Å²) in [6.45, 7) is 1.11. The van der Waals surface area contributed by atoms with E-state index >= 15 is 0 Å². The van der Waals surface area contributed by atoms with E-state index in [0.717, 1.165) is 4.90 Å². The Hall–Kier alpha value is -3.46. The first-order valence-electron chi connectivity index (χ1n) is 9.12. The van der Waals surface area contributed by atoms with Crippen LogP contribution in [0.2, 0.25) is 0 Å². The predicted molar refractivity (Wildman–Crippen MR) is 102 cm³/mol. The number of benzene rings is 1. The van der Waals surface area contributed by atoms with Gasteiger partial charge in [0.05, 0.1) is 17.4 Å². The van der Waals surface area contributed by atoms with Crippen molar-refractivity contribution in [3.63, 3.8) is 0 Å². The van der Waals surface area contributed by atoms with E-state index in [2.05, 4.69) is 10.6 Å². The van der Waals surface area contributed by atoms with Crippen molar-refractivity contribution in [2.24, 2.45) is 0 Å². The van der Waals surface area contributed by atoms with Crippen molar-refractivity contribution in [3.05, 3.63) is 59.0 Å². The quantitative estimate of drug-likeness (QED) is 0.481. The highest BCUT2D eigenvalue weighted by Crippen LogP contribution is 2.24. The third-order valence-electron chi connectivity index (χ3n) is 4.40. The van der Waals surface area contributed by atoms with Gasteiger partial charge in [0.15, 0.2) is 5.76 Å². The molecular weight excluding hydrogens is 378 g/mol. The molecule has 152 valence electrons. The van der Waals surface area contributed by atoms with Gasteiger partial charge in [0.1, 0.15) is 0 Å². The highest BCUT2D eigenvalue weighted by molar-refractivity contribution is 6.22. The van der Waals surface area contributed by atoms with Crippen LogP contribution in [0.4, 0.5) is 0 Å². The van der Waals surface area contributed by atoms with E-state index < -0.39 is 11.8 Å². The molecule has 0 fully saturated rings. The number of hydrogen-bond donors (Lipinski definition) is 2. The molecule has 0 spiro atoms. The molecule has 1 aromatic carbocycles. The number of nitrogens with zero attached hydrogens (tertiary/aromatic N) is 1. The summed E-state index contributed by atoms with van der Waals surface area (Å²) in [6.07, 6.45) is 1.94. The molecule has 2 heterocycles. The van der Waals surface area contributed by atoms with Gasteiger partial charge in [-0.25, -0.2) is 0 Å². The summed E-state index contributed by atoms with van der Waals surface area (Å²) in [6, 6.07) is 7.55. The van der Waals surface area contributed by atoms with Gasteiger partial charge in [-0.05, 0) is 36.8 Å². The number of ether oxygens (including phenoxy) is 1. The number of fused-ring (bicyclic) bond motifs is 1. The van der Waals surface area contributed by atoms with Crippen LogP contribution in [0, 0.1) is 0 Å². The summed E-state index contributed by atoms with van der Waals surface area (Å²) >= 11 is 0. The maximum atomic E-state index is 12.5. The SMILES string of the molecule is COCCCN1C(=O)c2ccc(C(=O)NCCNC(=O)c3ccco3)cc2C1=O. The molecule has 0 bridgehead atoms. The largest absolute Gasteiger partial charge is 0.459 e. The lowest BCUT2D eigenvalue weighted by Crippen LogP contribution is -2.34. The summed E-state index contributed by atoms with van der Waals surface area (Å²) in [5, 5.41) is 5.27. The molecule has 2 aromatic rings. The van der Waals surface area contributed by atoms with Crippen LogP contribution in [0.25, 0.3) is 0 Å². The summed E-state index contributed by atoms with van der Waals surface area (Å²) in [5.74, 6) is -1.37. The third-order valence-corrected chi connectivity index (χ3v) is 4.40. The Labute approximate surface area is 167 Å². The van der Waals surface area contributed by atoms with Gasteiger partial charge in [-0.3, -0.25) is 24.1 Å². The molecule has 1 aliphatic rings. The number of furan rings is 1. The molecular formula is C20H21N3O6. The normalized spacial score (nSPS) is 12.8. The van der Waals surface area contributed by atoms with Gasteiger partial charge in [-0.1, -0.05) is 0 Å². The number of nitrogens with one attached hydrogen (secondary N) is 2. The van der Waals surface area contributed by atoms with Gasteiger partial charge in [0.2, 0.25) is 0 Å². The first-order chi connectivity index (χ1) is 14.0. The monoisotopic (exact) mass is 399 g/mol. The summed E-state index contributed by atoms with van der Waals surface area (Å²) in [7, 11) is 1.55. The van der Waals surface area contributed by atoms with Crippen LogP contribution in [-0.2, 0) is 4.74 Å². The zero-order valence-electron chi connectivity index (χ0n) is 15.9. The molecule has 0 aliphatic carbocycles. The topological polar surface area (TPSA) is 118 Å². The minimum atomic E-state index is -0.415. The predicted octanol–water partition coefficient (Wildman–Crippen LogP) is 1.07. The summed E-state index contributed by atoms with van der Waals surface area (Å²) in [4.78, 5) is 50.1. The van der Waals surface area contributed by atoms with Gasteiger partial charge in [-0.15, -0.1) is 0 Å². The molecule has 0 saturated heterocycles. The summed E-state index contributed by atoms with van der Waals surface area (Å²) < 4.78 is 9.92. The highest BCUT2D eigenvalue weighted by atomic mass is 16.5. The molecule has 3 rings (SSSR count). The second-order valence-electron chi connectivity index (χ2n) is 6.36. The van der Waals surface area contributed by atoms with Gasteiger partial charge in [-0.2, -0.15) is 0 Å². The lowest BCUT2D eigenvalue weighted by Gasteiger charge is -2.12. The maximum Gasteiger partial charge on any atom is 0.287 e. The van der Waals surface area contributed by atoms with Crippen LogP contribution in [0.15, 0.2) is 41.0 Å². The molecule has 0 saturated carbocycles. The fourth-order valence-corrected chi connectivity index (χ4v) is 2.95. The maximum absolute atomic E-state index is 12.5. The van der Waals surface area contributed by atoms with Crippen molar-refractivity contribution in [1.82, 2.24) is 15.5 Å². The molecule has 1 aliphatic heterocycles. The van der Waals surface area contributed by atoms with Gasteiger partial charge < -0.3 is 19.8 Å². The van der Waals surface area contributed by atoms with Crippen molar-refractivity contribution >= 4 is 23.6 Å². The Morgan fingerprint density at radius 1 is 1.03 bits per heavy atom. The van der Waals surface area contributed by atoms with Crippen LogP contribution < -0.4 is 10.6 Å². The zero-order chi connectivity index (χ0) is 20.8. The molecule has 0 unspecified atom stereocenters. The van der Waals surface area contributed by atoms with Crippen molar-refractivity contribution in [2.75, 3.05) is 33.4 Å². The fourth-order valence-electron chi connectivity index (χ4n) is 2.95.